The molecular formula is C23H23N5O2. The maximum Gasteiger partial charge on any atom is 0.161 e. The predicted octanol–water partition coefficient (Wildman–Crippen LogP) is 3.32. The molecule has 0 radical (unpaired) electrons. The molecule has 1 aliphatic carbocycles. The third-order valence-electron chi connectivity index (χ3n) is 5.12. The van der Waals surface area contributed by atoms with Gasteiger partial charge in [0.15, 0.2) is 11.5 Å². The Kier molecular flexibility index (Phi) is 5.34. The summed E-state index contributed by atoms with van der Waals surface area (Å²) in [5, 5.41) is 22.4. The summed E-state index contributed by atoms with van der Waals surface area (Å²) in [7, 11) is 0. The van der Waals surface area contributed by atoms with Crippen LogP contribution in [0.1, 0.15) is 22.3 Å². The second-order valence-electron chi connectivity index (χ2n) is 7.16. The van der Waals surface area contributed by atoms with Gasteiger partial charge in [0.1, 0.15) is 24.6 Å². The molecule has 2 aromatic carbocycles. The van der Waals surface area contributed by atoms with Crippen LogP contribution < -0.4 is 15.8 Å². The van der Waals surface area contributed by atoms with Gasteiger partial charge in [-0.2, -0.15) is 0 Å². The third-order valence-corrected chi connectivity index (χ3v) is 5.12. The largest absolute Gasteiger partial charge is 0.504 e. The quantitative estimate of drug-likeness (QED) is 0.356. The van der Waals surface area contributed by atoms with Crippen LogP contribution in [0.3, 0.4) is 0 Å². The minimum atomic E-state index is -0.0599. The number of phenols is 1. The highest BCUT2D eigenvalue weighted by molar-refractivity contribution is 6.16. The Morgan fingerprint density at radius 2 is 1.97 bits per heavy atom. The van der Waals surface area contributed by atoms with E-state index in [0.717, 1.165) is 12.8 Å². The number of hydrogen-bond acceptors (Lipinski definition) is 7. The van der Waals surface area contributed by atoms with Crippen molar-refractivity contribution < 1.29 is 9.84 Å². The topological polar surface area (TPSA) is 117 Å². The van der Waals surface area contributed by atoms with Crippen LogP contribution in [-0.2, 0) is 12.8 Å². The summed E-state index contributed by atoms with van der Waals surface area (Å²) >= 11 is 0. The minimum absolute atomic E-state index is 0.0599. The fraction of sp³-hybridized carbons (Fsp3) is 0.174. The lowest BCUT2D eigenvalue weighted by atomic mass is 10.0. The number of rotatable bonds is 7. The molecular weight excluding hydrogens is 378 g/mol. The van der Waals surface area contributed by atoms with E-state index in [-0.39, 0.29) is 29.9 Å². The van der Waals surface area contributed by atoms with Crippen LogP contribution in [0, 0.1) is 5.41 Å². The first-order valence-electron chi connectivity index (χ1n) is 9.66. The summed E-state index contributed by atoms with van der Waals surface area (Å²) < 4.78 is 5.39. The van der Waals surface area contributed by atoms with E-state index in [4.69, 9.17) is 15.9 Å². The first kappa shape index (κ1) is 19.4. The lowest BCUT2D eigenvalue weighted by Crippen LogP contribution is -2.23. The van der Waals surface area contributed by atoms with Gasteiger partial charge >= 0.3 is 0 Å². The number of aromatic nitrogens is 2. The molecule has 0 bridgehead atoms. The molecule has 5 N–H and O–H groups in total. The van der Waals surface area contributed by atoms with Gasteiger partial charge in [-0.05, 0) is 42.2 Å². The van der Waals surface area contributed by atoms with E-state index in [1.54, 1.807) is 18.2 Å². The van der Waals surface area contributed by atoms with Crippen LogP contribution in [0.2, 0.25) is 0 Å². The summed E-state index contributed by atoms with van der Waals surface area (Å²) in [4.78, 5) is 8.42. The summed E-state index contributed by atoms with van der Waals surface area (Å²) in [6.45, 7) is 3.87. The predicted molar refractivity (Wildman–Crippen MR) is 117 cm³/mol. The lowest BCUT2D eigenvalue weighted by molar-refractivity contribution is 0.336. The van der Waals surface area contributed by atoms with Crippen molar-refractivity contribution in [2.75, 3.05) is 17.7 Å². The molecule has 0 amide bonds. The minimum Gasteiger partial charge on any atom is -0.504 e. The van der Waals surface area contributed by atoms with Gasteiger partial charge in [-0.25, -0.2) is 9.97 Å². The normalized spacial score (nSPS) is 12.9. The molecule has 30 heavy (non-hydrogen) atoms. The molecule has 1 heterocycles. The van der Waals surface area contributed by atoms with Gasteiger partial charge in [0.05, 0.1) is 11.3 Å². The number of nitrogens with zero attached hydrogens (tertiary/aromatic N) is 2. The lowest BCUT2D eigenvalue weighted by Gasteiger charge is -2.18. The molecule has 0 saturated heterocycles. The van der Waals surface area contributed by atoms with E-state index in [9.17, 15) is 5.11 Å². The number of ether oxygens (including phenoxy) is 1. The second kappa shape index (κ2) is 8.24. The number of aromatic hydroxyl groups is 1. The summed E-state index contributed by atoms with van der Waals surface area (Å²) in [5.41, 5.74) is 9.76. The molecule has 7 nitrogen and oxygen atoms in total. The van der Waals surface area contributed by atoms with Crippen molar-refractivity contribution in [1.29, 1.82) is 5.41 Å². The van der Waals surface area contributed by atoms with Gasteiger partial charge in [0.2, 0.25) is 0 Å². The molecule has 0 atom stereocenters. The van der Waals surface area contributed by atoms with E-state index in [0.29, 0.717) is 22.7 Å². The Hall–Kier alpha value is -3.87. The highest BCUT2D eigenvalue weighted by Gasteiger charge is 2.24. The number of hydrogen-bond donors (Lipinski definition) is 4. The van der Waals surface area contributed by atoms with Gasteiger partial charge in [-0.1, -0.05) is 36.9 Å². The highest BCUT2D eigenvalue weighted by atomic mass is 16.5. The molecule has 3 aromatic rings. The van der Waals surface area contributed by atoms with Gasteiger partial charge in [0, 0.05) is 11.6 Å². The average Bonchev–Trinajstić information content (AvgIpc) is 3.15. The number of benzene rings is 2. The number of nitrogens with two attached hydrogens (primary N) is 1. The van der Waals surface area contributed by atoms with Gasteiger partial charge in [-0.3, -0.25) is 5.41 Å². The standard InChI is InChI=1S/C23H23N5O2/c1-2-9-30-19-8-7-16(12-18(19)29)21(24)20-22(25)26-13-27-23(20)28-17-10-14-5-3-4-6-15(14)11-17/h2-8,12-13,17,24,29H,1,9-11H2,(H3,25,26,27,28). The van der Waals surface area contributed by atoms with Gasteiger partial charge in [-0.15, -0.1) is 0 Å². The molecule has 1 aromatic heterocycles. The molecule has 0 unspecified atom stereocenters. The zero-order chi connectivity index (χ0) is 21.1. The van der Waals surface area contributed by atoms with Gasteiger partial charge < -0.3 is 20.9 Å². The Labute approximate surface area is 174 Å². The molecule has 152 valence electrons. The Morgan fingerprint density at radius 3 is 2.63 bits per heavy atom. The Morgan fingerprint density at radius 1 is 1.23 bits per heavy atom. The maximum absolute atomic E-state index is 10.2. The third kappa shape index (κ3) is 3.82. The van der Waals surface area contributed by atoms with Crippen molar-refractivity contribution in [2.24, 2.45) is 0 Å². The van der Waals surface area contributed by atoms with E-state index in [1.807, 2.05) is 12.1 Å². The average molecular weight is 401 g/mol. The highest BCUT2D eigenvalue weighted by Crippen LogP contribution is 2.31. The summed E-state index contributed by atoms with van der Waals surface area (Å²) in [5.74, 6) is 0.984. The molecule has 7 heteroatoms. The summed E-state index contributed by atoms with van der Waals surface area (Å²) in [6, 6.07) is 13.3. The van der Waals surface area contributed by atoms with Crippen molar-refractivity contribution in [1.82, 2.24) is 9.97 Å². The number of fused-ring (bicyclic) bond motifs is 1. The fourth-order valence-electron chi connectivity index (χ4n) is 3.70. The van der Waals surface area contributed by atoms with Crippen LogP contribution in [0.5, 0.6) is 11.5 Å². The van der Waals surface area contributed by atoms with Crippen LogP contribution >= 0.6 is 0 Å². The summed E-state index contributed by atoms with van der Waals surface area (Å²) in [6.07, 6.45) is 4.74. The second-order valence-corrected chi connectivity index (χ2v) is 7.16. The fourth-order valence-corrected chi connectivity index (χ4v) is 3.70. The smallest absolute Gasteiger partial charge is 0.161 e. The molecule has 1 aliphatic rings. The van der Waals surface area contributed by atoms with Crippen molar-refractivity contribution in [3.8, 4) is 11.5 Å². The number of nitrogens with one attached hydrogen (secondary N) is 2. The van der Waals surface area contributed by atoms with Gasteiger partial charge in [0.25, 0.3) is 0 Å². The monoisotopic (exact) mass is 401 g/mol. The Balaban J connectivity index is 1.59. The molecule has 0 fully saturated rings. The Bertz CT molecular complexity index is 1090. The van der Waals surface area contributed by atoms with E-state index in [2.05, 4.69) is 34.0 Å². The van der Waals surface area contributed by atoms with Crippen LogP contribution in [0.4, 0.5) is 11.6 Å². The van der Waals surface area contributed by atoms with Crippen molar-refractivity contribution in [3.63, 3.8) is 0 Å². The first-order chi connectivity index (χ1) is 14.6. The maximum atomic E-state index is 10.2. The van der Waals surface area contributed by atoms with Crippen molar-refractivity contribution >= 4 is 17.3 Å². The van der Waals surface area contributed by atoms with E-state index >= 15 is 0 Å². The van der Waals surface area contributed by atoms with Crippen molar-refractivity contribution in [3.05, 3.63) is 83.7 Å². The molecule has 0 spiro atoms. The zero-order valence-corrected chi connectivity index (χ0v) is 16.4. The zero-order valence-electron chi connectivity index (χ0n) is 16.4. The van der Waals surface area contributed by atoms with E-state index in [1.165, 1.54) is 23.5 Å². The van der Waals surface area contributed by atoms with E-state index < -0.39 is 0 Å². The molecule has 0 aliphatic heterocycles. The van der Waals surface area contributed by atoms with Crippen molar-refractivity contribution in [2.45, 2.75) is 18.9 Å². The van der Waals surface area contributed by atoms with Crippen LogP contribution in [-0.4, -0.2) is 33.4 Å². The SMILES string of the molecule is C=CCOc1ccc(C(=N)c2c(N)ncnc2NC2Cc3ccccc3C2)cc1O. The van der Waals surface area contributed by atoms with Crippen LogP contribution in [0.15, 0.2) is 61.4 Å². The number of anilines is 2. The molecule has 0 saturated carbocycles. The molecule has 4 rings (SSSR count). The number of nitrogen functional groups attached to an aromatic ring is 1. The first-order valence-corrected chi connectivity index (χ1v) is 9.66. The van der Waals surface area contributed by atoms with Crippen LogP contribution in [0.25, 0.3) is 0 Å². The number of phenolic OH excluding ortho intramolecular Hbond substituents is 1.